The number of hydrogen-bond acceptors (Lipinski definition) is 5. The molecule has 1 aliphatic heterocycles. The van der Waals surface area contributed by atoms with E-state index in [-0.39, 0.29) is 12.8 Å². The second kappa shape index (κ2) is 4.77. The van der Waals surface area contributed by atoms with Crippen molar-refractivity contribution < 1.29 is 18.7 Å². The topological polar surface area (TPSA) is 78.6 Å². The van der Waals surface area contributed by atoms with Gasteiger partial charge in [-0.25, -0.2) is 14.6 Å². The van der Waals surface area contributed by atoms with Crippen molar-refractivity contribution in [2.24, 2.45) is 11.3 Å². The summed E-state index contributed by atoms with van der Waals surface area (Å²) in [7, 11) is 0. The Morgan fingerprint density at radius 1 is 1.67 bits per heavy atom. The Labute approximate surface area is 89.4 Å². The molecule has 0 saturated heterocycles. The molecule has 1 heterocycles. The fraction of sp³-hybridized carbons (Fsp3) is 0.571. The van der Waals surface area contributed by atoms with Crippen molar-refractivity contribution in [1.82, 2.24) is 9.95 Å². The molecule has 8 heteroatoms. The van der Waals surface area contributed by atoms with Crippen molar-refractivity contribution in [3.05, 3.63) is 11.6 Å². The SMILES string of the molecule is NN1NC=CS1.O=C(O)C1(C(F)F)CC1. The first-order valence-corrected chi connectivity index (χ1v) is 4.97. The van der Waals surface area contributed by atoms with E-state index in [1.807, 2.05) is 5.41 Å². The number of alkyl halides is 2. The Hall–Kier alpha value is -0.860. The molecule has 0 amide bonds. The largest absolute Gasteiger partial charge is 0.481 e. The van der Waals surface area contributed by atoms with Gasteiger partial charge in [-0.05, 0) is 24.8 Å². The van der Waals surface area contributed by atoms with E-state index in [9.17, 15) is 13.6 Å². The molecule has 0 spiro atoms. The van der Waals surface area contributed by atoms with Crippen molar-refractivity contribution in [1.29, 1.82) is 0 Å². The third kappa shape index (κ3) is 3.05. The molecule has 0 radical (unpaired) electrons. The summed E-state index contributed by atoms with van der Waals surface area (Å²) in [6, 6.07) is 0. The average Bonchev–Trinajstić information content (AvgIpc) is 2.85. The number of nitrogens with two attached hydrogens (primary N) is 1. The lowest BCUT2D eigenvalue weighted by Crippen LogP contribution is -2.29. The number of aliphatic carboxylic acids is 1. The van der Waals surface area contributed by atoms with Crippen molar-refractivity contribution >= 4 is 17.9 Å². The maximum atomic E-state index is 11.7. The van der Waals surface area contributed by atoms with Crippen LogP contribution >= 0.6 is 11.9 Å². The van der Waals surface area contributed by atoms with Gasteiger partial charge in [0.2, 0.25) is 0 Å². The minimum Gasteiger partial charge on any atom is -0.481 e. The van der Waals surface area contributed by atoms with Gasteiger partial charge < -0.3 is 10.5 Å². The number of rotatable bonds is 2. The van der Waals surface area contributed by atoms with Crippen LogP contribution in [0.4, 0.5) is 8.78 Å². The zero-order valence-corrected chi connectivity index (χ0v) is 8.51. The van der Waals surface area contributed by atoms with E-state index in [4.69, 9.17) is 10.9 Å². The van der Waals surface area contributed by atoms with Gasteiger partial charge >= 0.3 is 5.97 Å². The van der Waals surface area contributed by atoms with Gasteiger partial charge in [0.05, 0.1) is 0 Å². The summed E-state index contributed by atoms with van der Waals surface area (Å²) in [5.41, 5.74) is 1.05. The summed E-state index contributed by atoms with van der Waals surface area (Å²) in [6.45, 7) is 0. The number of hydrazine groups is 2. The number of nitrogens with one attached hydrogen (secondary N) is 1. The van der Waals surface area contributed by atoms with Gasteiger partial charge in [0.25, 0.3) is 6.43 Å². The summed E-state index contributed by atoms with van der Waals surface area (Å²) < 4.78 is 24.9. The highest BCUT2D eigenvalue weighted by Crippen LogP contribution is 2.50. The minimum absolute atomic E-state index is 0.125. The molecule has 15 heavy (non-hydrogen) atoms. The van der Waals surface area contributed by atoms with Gasteiger partial charge in [0.15, 0.2) is 0 Å². The molecule has 0 aromatic heterocycles. The van der Waals surface area contributed by atoms with Crippen molar-refractivity contribution in [3.63, 3.8) is 0 Å². The molecule has 0 aromatic carbocycles. The highest BCUT2D eigenvalue weighted by atomic mass is 32.2. The van der Waals surface area contributed by atoms with Crippen molar-refractivity contribution in [2.45, 2.75) is 19.3 Å². The molecule has 0 bridgehead atoms. The van der Waals surface area contributed by atoms with Crippen LogP contribution in [0.25, 0.3) is 0 Å². The number of carbonyl (C=O) groups is 1. The van der Waals surface area contributed by atoms with E-state index in [0.717, 1.165) is 0 Å². The molecule has 2 rings (SSSR count). The monoisotopic (exact) mass is 239 g/mol. The van der Waals surface area contributed by atoms with Crippen LogP contribution in [-0.2, 0) is 4.79 Å². The van der Waals surface area contributed by atoms with E-state index in [1.165, 1.54) is 16.5 Å². The Morgan fingerprint density at radius 2 is 2.27 bits per heavy atom. The van der Waals surface area contributed by atoms with Crippen LogP contribution in [-0.4, -0.2) is 22.0 Å². The van der Waals surface area contributed by atoms with Crippen LogP contribution in [0.1, 0.15) is 12.8 Å². The first kappa shape index (κ1) is 12.2. The molecule has 1 saturated carbocycles. The van der Waals surface area contributed by atoms with Gasteiger partial charge in [-0.1, -0.05) is 4.52 Å². The number of nitrogens with zero attached hydrogens (tertiary/aromatic N) is 1. The molecule has 2 aliphatic rings. The Bertz CT molecular complexity index is 263. The van der Waals surface area contributed by atoms with Crippen LogP contribution in [0, 0.1) is 5.41 Å². The van der Waals surface area contributed by atoms with Crippen LogP contribution in [0.3, 0.4) is 0 Å². The lowest BCUT2D eigenvalue weighted by molar-refractivity contribution is -0.149. The van der Waals surface area contributed by atoms with E-state index < -0.39 is 17.8 Å². The van der Waals surface area contributed by atoms with Crippen LogP contribution in [0.2, 0.25) is 0 Å². The van der Waals surface area contributed by atoms with Crippen LogP contribution in [0.5, 0.6) is 0 Å². The highest BCUT2D eigenvalue weighted by molar-refractivity contribution is 7.99. The third-order valence-electron chi connectivity index (χ3n) is 2.08. The first-order valence-electron chi connectivity index (χ1n) is 4.13. The third-order valence-corrected chi connectivity index (χ3v) is 2.67. The Kier molecular flexibility index (Phi) is 3.89. The molecule has 86 valence electrons. The quantitative estimate of drug-likeness (QED) is 0.491. The smallest absolute Gasteiger partial charge is 0.315 e. The summed E-state index contributed by atoms with van der Waals surface area (Å²) in [6.07, 6.45) is -0.681. The maximum absolute atomic E-state index is 11.7. The number of halogens is 2. The fourth-order valence-corrected chi connectivity index (χ4v) is 1.26. The Balaban J connectivity index is 0.000000162. The van der Waals surface area contributed by atoms with Gasteiger partial charge in [-0.3, -0.25) is 4.79 Å². The highest BCUT2D eigenvalue weighted by Gasteiger charge is 2.58. The number of carboxylic acids is 1. The molecule has 1 fully saturated rings. The minimum atomic E-state index is -2.70. The van der Waals surface area contributed by atoms with Crippen LogP contribution in [0.15, 0.2) is 11.6 Å². The van der Waals surface area contributed by atoms with Gasteiger partial charge in [-0.2, -0.15) is 0 Å². The summed E-state index contributed by atoms with van der Waals surface area (Å²) >= 11 is 1.42. The lowest BCUT2D eigenvalue weighted by atomic mass is 10.1. The zero-order chi connectivity index (χ0) is 11.5. The number of carboxylic acid groups (broad SMARTS) is 1. The van der Waals surface area contributed by atoms with Crippen LogP contribution < -0.4 is 11.3 Å². The average molecular weight is 239 g/mol. The van der Waals surface area contributed by atoms with E-state index in [2.05, 4.69) is 5.43 Å². The predicted octanol–water partition coefficient (Wildman–Crippen LogP) is 0.916. The molecule has 1 aliphatic carbocycles. The lowest BCUT2D eigenvalue weighted by Gasteiger charge is -2.05. The molecular formula is C7H11F2N3O2S. The molecule has 4 N–H and O–H groups in total. The van der Waals surface area contributed by atoms with Gasteiger partial charge in [-0.15, -0.1) is 0 Å². The molecule has 0 unspecified atom stereocenters. The van der Waals surface area contributed by atoms with Gasteiger partial charge in [0, 0.05) is 11.6 Å². The predicted molar refractivity (Wildman–Crippen MR) is 51.2 cm³/mol. The summed E-state index contributed by atoms with van der Waals surface area (Å²) in [4.78, 5) is 10.0. The summed E-state index contributed by atoms with van der Waals surface area (Å²) in [5.74, 6) is 3.79. The standard InChI is InChI=1S/C5H6F2O2.C2H5N3S/c6-3(7)5(1-2-5)4(8)9;3-5-4-1-2-6-5/h3H,1-2H2,(H,8,9);1-2,4H,3H2. The van der Waals surface area contributed by atoms with E-state index >= 15 is 0 Å². The summed E-state index contributed by atoms with van der Waals surface area (Å²) in [5, 5.41) is 10.1. The number of hydrogen-bond donors (Lipinski definition) is 3. The van der Waals surface area contributed by atoms with Crippen molar-refractivity contribution in [2.75, 3.05) is 0 Å². The zero-order valence-electron chi connectivity index (χ0n) is 7.69. The molecular weight excluding hydrogens is 228 g/mol. The Morgan fingerprint density at radius 3 is 2.33 bits per heavy atom. The normalized spacial score (nSPS) is 21.9. The van der Waals surface area contributed by atoms with E-state index in [0.29, 0.717) is 0 Å². The molecule has 0 atom stereocenters. The fourth-order valence-electron chi connectivity index (χ4n) is 0.890. The van der Waals surface area contributed by atoms with Crippen molar-refractivity contribution in [3.8, 4) is 0 Å². The maximum Gasteiger partial charge on any atom is 0.315 e. The second-order valence-corrected chi connectivity index (χ2v) is 4.00. The molecule has 0 aromatic rings. The second-order valence-electron chi connectivity index (χ2n) is 3.13. The molecule has 5 nitrogen and oxygen atoms in total. The van der Waals surface area contributed by atoms with E-state index in [1.54, 1.807) is 6.20 Å². The first-order chi connectivity index (χ1) is 6.99. The van der Waals surface area contributed by atoms with Gasteiger partial charge in [0.1, 0.15) is 5.41 Å².